The maximum atomic E-state index is 3.51. The Balaban J connectivity index is 0.000000135. The molecule has 1 N–H and O–H groups in total. The maximum absolute atomic E-state index is 3.51. The van der Waals surface area contributed by atoms with Gasteiger partial charge in [0.1, 0.15) is 0 Å². The third-order valence-corrected chi connectivity index (χ3v) is 17.3. The average Bonchev–Trinajstić information content (AvgIpc) is 1.01. The molecular formula is C88H65BrN4. The highest BCUT2D eigenvalue weighted by atomic mass is 79.9. The second kappa shape index (κ2) is 28.0. The van der Waals surface area contributed by atoms with Crippen molar-refractivity contribution in [1.82, 2.24) is 0 Å². The van der Waals surface area contributed by atoms with E-state index in [1.54, 1.807) is 0 Å². The van der Waals surface area contributed by atoms with Crippen molar-refractivity contribution in [3.63, 3.8) is 0 Å². The van der Waals surface area contributed by atoms with E-state index >= 15 is 0 Å². The SMILES string of the molecule is Brc1ccc(-c2ccc(N(c3ccccc3)c3cccc4ccccc34)cc2)cc1.c1ccc(N(c2ccc(-c3ccc(N(c4ccccc4)c4cccc5ccccc45)cc3)cc2)c2cccc3ccccc23)cc1.c1ccc(Nc2cccc3ccccc23)cc1. The fraction of sp³-hybridized carbons (Fsp3) is 0. The minimum atomic E-state index is 1.09. The number of nitrogens with zero attached hydrogens (tertiary/aromatic N) is 3. The average molecular weight is 1260 g/mol. The molecule has 0 aliphatic rings. The molecule has 0 bridgehead atoms. The van der Waals surface area contributed by atoms with E-state index in [-0.39, 0.29) is 0 Å². The Morgan fingerprint density at radius 1 is 0.194 bits per heavy atom. The van der Waals surface area contributed by atoms with Gasteiger partial charge in [-0.15, -0.1) is 0 Å². The van der Waals surface area contributed by atoms with Crippen LogP contribution in [0, 0.1) is 0 Å². The first-order valence-electron chi connectivity index (χ1n) is 31.4. The van der Waals surface area contributed by atoms with Gasteiger partial charge >= 0.3 is 0 Å². The minimum Gasteiger partial charge on any atom is -0.355 e. The van der Waals surface area contributed by atoms with Crippen molar-refractivity contribution in [2.45, 2.75) is 0 Å². The van der Waals surface area contributed by atoms with Crippen molar-refractivity contribution in [1.29, 1.82) is 0 Å². The molecule has 0 aromatic heterocycles. The van der Waals surface area contributed by atoms with Gasteiger partial charge in [-0.1, -0.05) is 283 Å². The number of fused-ring (bicyclic) bond motifs is 4. The summed E-state index contributed by atoms with van der Waals surface area (Å²) in [5.41, 5.74) is 17.3. The second-order valence-corrected chi connectivity index (χ2v) is 23.6. The standard InChI is InChI=1S/C44H32N2.C28H20BrN.C16H13N/c1-3-17-37(18-4-1)45(43-23-11-15-35-13-7-9-21-41(35)43)39-29-25-33(26-30-39)34-27-31-40(32-28-34)46(38-19-5-2-6-20-38)44-24-12-16-36-14-8-10-22-42(36)44;29-24-17-13-21(14-18-24)22-15-19-26(20-16-22)30(25-9-2-1-3-10-25)28-12-6-8-23-7-4-5-11-27(23)28;1-2-9-14(10-3-1)17-16-12-6-8-13-7-4-5-11-15(13)16/h1-32H;1-20H;1-12,17H. The van der Waals surface area contributed by atoms with E-state index in [2.05, 4.69) is 406 Å². The van der Waals surface area contributed by atoms with Gasteiger partial charge in [-0.3, -0.25) is 0 Å². The Hall–Kier alpha value is -11.8. The summed E-state index contributed by atoms with van der Waals surface area (Å²) in [6, 6.07) is 137. The van der Waals surface area contributed by atoms with Crippen LogP contribution in [0.5, 0.6) is 0 Å². The van der Waals surface area contributed by atoms with Gasteiger partial charge in [-0.05, 0) is 165 Å². The van der Waals surface area contributed by atoms with Crippen molar-refractivity contribution in [3.8, 4) is 22.3 Å². The first kappa shape index (κ1) is 58.9. The predicted octanol–water partition coefficient (Wildman–Crippen LogP) is 25.9. The second-order valence-electron chi connectivity index (χ2n) is 22.7. The molecule has 0 heterocycles. The quantitative estimate of drug-likeness (QED) is 0.124. The van der Waals surface area contributed by atoms with E-state index in [4.69, 9.17) is 0 Å². The summed E-state index contributed by atoms with van der Waals surface area (Å²) >= 11 is 3.51. The molecule has 16 aromatic rings. The molecule has 0 fully saturated rings. The number of hydrogen-bond acceptors (Lipinski definition) is 4. The summed E-state index contributed by atoms with van der Waals surface area (Å²) in [4.78, 5) is 7.02. The summed E-state index contributed by atoms with van der Waals surface area (Å²) in [5, 5.41) is 13.3. The Labute approximate surface area is 552 Å². The Morgan fingerprint density at radius 3 is 0.785 bits per heavy atom. The van der Waals surface area contributed by atoms with Gasteiger partial charge in [0.15, 0.2) is 0 Å². The molecule has 0 aliphatic carbocycles. The van der Waals surface area contributed by atoms with Gasteiger partial charge in [0.05, 0.1) is 17.1 Å². The van der Waals surface area contributed by atoms with Gasteiger partial charge < -0.3 is 20.0 Å². The van der Waals surface area contributed by atoms with E-state index in [1.165, 1.54) is 71.0 Å². The zero-order valence-electron chi connectivity index (χ0n) is 51.2. The molecule has 93 heavy (non-hydrogen) atoms. The summed E-state index contributed by atoms with van der Waals surface area (Å²) in [6.07, 6.45) is 0. The largest absolute Gasteiger partial charge is 0.355 e. The van der Waals surface area contributed by atoms with Gasteiger partial charge in [0, 0.05) is 71.5 Å². The van der Waals surface area contributed by atoms with Gasteiger partial charge in [0.25, 0.3) is 0 Å². The van der Waals surface area contributed by atoms with Crippen LogP contribution in [0.1, 0.15) is 0 Å². The molecule has 0 saturated heterocycles. The fourth-order valence-corrected chi connectivity index (χ4v) is 12.5. The number of hydrogen-bond donors (Lipinski definition) is 1. The molecule has 444 valence electrons. The van der Waals surface area contributed by atoms with Crippen LogP contribution in [0.3, 0.4) is 0 Å². The maximum Gasteiger partial charge on any atom is 0.0540 e. The van der Waals surface area contributed by atoms with Crippen LogP contribution >= 0.6 is 15.9 Å². The van der Waals surface area contributed by atoms with E-state index in [1.807, 2.05) is 18.2 Å². The topological polar surface area (TPSA) is 21.8 Å². The summed E-state index contributed by atoms with van der Waals surface area (Å²) in [7, 11) is 0. The van der Waals surface area contributed by atoms with Gasteiger partial charge in [0.2, 0.25) is 0 Å². The monoisotopic (exact) mass is 1260 g/mol. The molecule has 0 radical (unpaired) electrons. The molecule has 0 atom stereocenters. The van der Waals surface area contributed by atoms with E-state index in [9.17, 15) is 0 Å². The molecular weight excluding hydrogens is 1190 g/mol. The summed E-state index contributed by atoms with van der Waals surface area (Å²) in [5.74, 6) is 0. The number of para-hydroxylation sites is 4. The highest BCUT2D eigenvalue weighted by Gasteiger charge is 2.19. The lowest BCUT2D eigenvalue weighted by molar-refractivity contribution is 1.29. The number of anilines is 11. The van der Waals surface area contributed by atoms with Crippen LogP contribution in [-0.4, -0.2) is 0 Å². The lowest BCUT2D eigenvalue weighted by Gasteiger charge is -2.27. The van der Waals surface area contributed by atoms with Crippen LogP contribution in [0.4, 0.5) is 62.6 Å². The number of halogens is 1. The first-order chi connectivity index (χ1) is 46.1. The van der Waals surface area contributed by atoms with Crippen molar-refractivity contribution >= 4 is 122 Å². The first-order valence-corrected chi connectivity index (χ1v) is 32.2. The lowest BCUT2D eigenvalue weighted by Crippen LogP contribution is -2.10. The Bertz CT molecular complexity index is 4920. The third kappa shape index (κ3) is 13.3. The molecule has 0 unspecified atom stereocenters. The number of benzene rings is 16. The molecule has 16 rings (SSSR count). The predicted molar refractivity (Wildman–Crippen MR) is 402 cm³/mol. The lowest BCUT2D eigenvalue weighted by atomic mass is 10.0. The van der Waals surface area contributed by atoms with Gasteiger partial charge in [-0.2, -0.15) is 0 Å². The highest BCUT2D eigenvalue weighted by molar-refractivity contribution is 9.10. The van der Waals surface area contributed by atoms with E-state index < -0.39 is 0 Å². The van der Waals surface area contributed by atoms with Crippen LogP contribution in [0.25, 0.3) is 65.3 Å². The molecule has 5 heteroatoms. The minimum absolute atomic E-state index is 1.09. The van der Waals surface area contributed by atoms with Crippen LogP contribution in [-0.2, 0) is 0 Å². The molecule has 16 aromatic carbocycles. The van der Waals surface area contributed by atoms with Gasteiger partial charge in [-0.25, -0.2) is 0 Å². The van der Waals surface area contributed by atoms with Crippen LogP contribution in [0.2, 0.25) is 0 Å². The smallest absolute Gasteiger partial charge is 0.0540 e. The van der Waals surface area contributed by atoms with Crippen molar-refractivity contribution < 1.29 is 0 Å². The normalized spacial score (nSPS) is 10.8. The highest BCUT2D eigenvalue weighted by Crippen LogP contribution is 2.43. The summed E-state index contributed by atoms with van der Waals surface area (Å²) < 4.78 is 1.09. The van der Waals surface area contributed by atoms with E-state index in [0.29, 0.717) is 0 Å². The Morgan fingerprint density at radius 2 is 0.441 bits per heavy atom. The summed E-state index contributed by atoms with van der Waals surface area (Å²) in [6.45, 7) is 0. The molecule has 0 amide bonds. The zero-order chi connectivity index (χ0) is 62.6. The molecule has 0 aliphatic heterocycles. The molecule has 4 nitrogen and oxygen atoms in total. The fourth-order valence-electron chi connectivity index (χ4n) is 12.3. The Kier molecular flexibility index (Phi) is 17.7. The van der Waals surface area contributed by atoms with Crippen molar-refractivity contribution in [2.24, 2.45) is 0 Å². The number of rotatable bonds is 13. The number of nitrogens with one attached hydrogen (secondary N) is 1. The van der Waals surface area contributed by atoms with Crippen LogP contribution in [0.15, 0.2) is 393 Å². The van der Waals surface area contributed by atoms with Crippen molar-refractivity contribution in [2.75, 3.05) is 20.0 Å². The molecule has 0 saturated carbocycles. The van der Waals surface area contributed by atoms with E-state index in [0.717, 1.165) is 61.3 Å². The zero-order valence-corrected chi connectivity index (χ0v) is 52.8. The third-order valence-electron chi connectivity index (χ3n) is 16.8. The molecule has 0 spiro atoms. The van der Waals surface area contributed by atoms with Crippen molar-refractivity contribution in [3.05, 3.63) is 393 Å². The van der Waals surface area contributed by atoms with Crippen LogP contribution < -0.4 is 20.0 Å².